The lowest BCUT2D eigenvalue weighted by Gasteiger charge is -2.50. The number of alkyl carbamates (subject to hydrolysis) is 1. The monoisotopic (exact) mass is 840 g/mol. The SMILES string of the molecule is CCC(C)[C@](C=O)(NC(=O)O)N1CCC(Cl)C1C1(c2ccc3c(c2)COc2cc4c(ccc5ncn([C@@H]6CCCN6C(=O)[C@@H](NC(=O)OC)[C@H](C)CC)c54)cc2-3)NC=CN1. The van der Waals surface area contributed by atoms with E-state index in [4.69, 9.17) is 26.1 Å². The van der Waals surface area contributed by atoms with E-state index >= 15 is 0 Å². The molecule has 4 aliphatic heterocycles. The molecule has 0 aliphatic carbocycles. The minimum absolute atomic E-state index is 0.0963. The number of methoxy groups -OCH3 is 1. The van der Waals surface area contributed by atoms with Crippen molar-refractivity contribution < 1.29 is 33.8 Å². The highest BCUT2D eigenvalue weighted by Gasteiger charge is 2.58. The van der Waals surface area contributed by atoms with E-state index in [0.717, 1.165) is 62.7 Å². The topological polar surface area (TPSA) is 179 Å². The summed E-state index contributed by atoms with van der Waals surface area (Å²) in [4.78, 5) is 60.2. The largest absolute Gasteiger partial charge is 0.488 e. The van der Waals surface area contributed by atoms with Gasteiger partial charge in [0.2, 0.25) is 5.91 Å². The smallest absolute Gasteiger partial charge is 0.407 e. The molecule has 4 aromatic rings. The molecule has 1 aromatic heterocycles. The van der Waals surface area contributed by atoms with Crippen molar-refractivity contribution in [1.29, 1.82) is 0 Å². The van der Waals surface area contributed by atoms with Crippen LogP contribution >= 0.6 is 11.6 Å². The molecule has 5 N–H and O–H groups in total. The van der Waals surface area contributed by atoms with Crippen molar-refractivity contribution in [2.45, 2.75) is 101 Å². The Hall–Kier alpha value is -5.54. The number of carbonyl (C=O) groups is 4. The quantitative estimate of drug-likeness (QED) is 0.0793. The second-order valence-corrected chi connectivity index (χ2v) is 17.1. The minimum atomic E-state index is -1.50. The van der Waals surface area contributed by atoms with Crippen LogP contribution in [0.3, 0.4) is 0 Å². The van der Waals surface area contributed by atoms with Crippen LogP contribution in [0.5, 0.6) is 5.75 Å². The van der Waals surface area contributed by atoms with Crippen LogP contribution in [0.4, 0.5) is 9.59 Å². The molecule has 2 saturated heterocycles. The molecule has 4 aliphatic rings. The van der Waals surface area contributed by atoms with Crippen molar-refractivity contribution in [2.75, 3.05) is 20.2 Å². The molecule has 318 valence electrons. The number of fused-ring (bicyclic) bond motifs is 6. The molecular formula is C44H53ClN8O7. The first-order valence-corrected chi connectivity index (χ1v) is 21.3. The molecule has 3 amide bonds. The Morgan fingerprint density at radius 1 is 1.08 bits per heavy atom. The van der Waals surface area contributed by atoms with Crippen LogP contribution in [0.15, 0.2) is 61.2 Å². The average Bonchev–Trinajstić information content (AvgIpc) is 4.10. The molecular weight excluding hydrogens is 788 g/mol. The van der Waals surface area contributed by atoms with Gasteiger partial charge in [-0.1, -0.05) is 52.3 Å². The summed E-state index contributed by atoms with van der Waals surface area (Å²) >= 11 is 7.16. The fourth-order valence-corrected chi connectivity index (χ4v) is 10.3. The van der Waals surface area contributed by atoms with Gasteiger partial charge in [0.1, 0.15) is 24.6 Å². The number of alkyl halides is 1. The molecule has 60 heavy (non-hydrogen) atoms. The van der Waals surface area contributed by atoms with Crippen molar-refractivity contribution in [3.05, 3.63) is 72.3 Å². The zero-order chi connectivity index (χ0) is 42.5. The minimum Gasteiger partial charge on any atom is -0.488 e. The first kappa shape index (κ1) is 41.2. The first-order valence-electron chi connectivity index (χ1n) is 20.8. The highest BCUT2D eigenvalue weighted by Crippen LogP contribution is 2.46. The zero-order valence-electron chi connectivity index (χ0n) is 34.5. The van der Waals surface area contributed by atoms with E-state index in [2.05, 4.69) is 56.2 Å². The molecule has 5 heterocycles. The summed E-state index contributed by atoms with van der Waals surface area (Å²) in [5.74, 6) is 0.138. The van der Waals surface area contributed by atoms with E-state index in [-0.39, 0.29) is 23.9 Å². The number of likely N-dealkylation sites (tertiary alicyclic amines) is 2. The highest BCUT2D eigenvalue weighted by atomic mass is 35.5. The maximum absolute atomic E-state index is 14.1. The average molecular weight is 841 g/mol. The lowest BCUT2D eigenvalue weighted by atomic mass is 9.83. The summed E-state index contributed by atoms with van der Waals surface area (Å²) < 4.78 is 13.5. The predicted molar refractivity (Wildman–Crippen MR) is 227 cm³/mol. The van der Waals surface area contributed by atoms with Crippen LogP contribution in [0.1, 0.15) is 77.1 Å². The van der Waals surface area contributed by atoms with E-state index in [1.165, 1.54) is 7.11 Å². The number of rotatable bonds is 12. The molecule has 15 nitrogen and oxygen atoms in total. The maximum Gasteiger partial charge on any atom is 0.407 e. The van der Waals surface area contributed by atoms with Crippen LogP contribution in [0, 0.1) is 11.8 Å². The summed E-state index contributed by atoms with van der Waals surface area (Å²) in [6.07, 6.45) is 7.30. The number of nitrogens with zero attached hydrogens (tertiary/aromatic N) is 4. The molecule has 0 spiro atoms. The van der Waals surface area contributed by atoms with Crippen LogP contribution in [-0.4, -0.2) is 92.2 Å². The van der Waals surface area contributed by atoms with E-state index in [9.17, 15) is 24.3 Å². The summed E-state index contributed by atoms with van der Waals surface area (Å²) in [6, 6.07) is 13.2. The maximum atomic E-state index is 14.1. The summed E-state index contributed by atoms with van der Waals surface area (Å²) in [6.45, 7) is 9.02. The number of carboxylic acid groups (broad SMARTS) is 1. The fraction of sp³-hybridized carbons (Fsp3) is 0.477. The molecule has 7 atom stereocenters. The summed E-state index contributed by atoms with van der Waals surface area (Å²) in [7, 11) is 1.30. The van der Waals surface area contributed by atoms with Crippen molar-refractivity contribution in [1.82, 2.24) is 40.6 Å². The zero-order valence-corrected chi connectivity index (χ0v) is 35.3. The van der Waals surface area contributed by atoms with Crippen molar-refractivity contribution >= 4 is 57.8 Å². The number of amides is 3. The second-order valence-electron chi connectivity index (χ2n) is 16.5. The molecule has 0 bridgehead atoms. The van der Waals surface area contributed by atoms with E-state index in [0.29, 0.717) is 45.2 Å². The van der Waals surface area contributed by atoms with Gasteiger partial charge in [0.15, 0.2) is 17.6 Å². The Labute approximate surface area is 353 Å². The number of aromatic nitrogens is 2. The molecule has 2 fully saturated rings. The normalized spacial score (nSPS) is 23.0. The molecule has 3 aromatic carbocycles. The first-order chi connectivity index (χ1) is 28.9. The van der Waals surface area contributed by atoms with Crippen LogP contribution < -0.4 is 26.0 Å². The van der Waals surface area contributed by atoms with E-state index in [1.807, 2.05) is 62.0 Å². The third-order valence-electron chi connectivity index (χ3n) is 13.4. The summed E-state index contributed by atoms with van der Waals surface area (Å²) in [5.41, 5.74) is 2.97. The third-order valence-corrected chi connectivity index (χ3v) is 13.9. The number of hydrogen-bond donors (Lipinski definition) is 5. The van der Waals surface area contributed by atoms with Crippen LogP contribution in [0.2, 0.25) is 0 Å². The number of hydrogen-bond acceptors (Lipinski definition) is 10. The number of aldehydes is 1. The van der Waals surface area contributed by atoms with Gasteiger partial charge in [0, 0.05) is 36.4 Å². The van der Waals surface area contributed by atoms with Gasteiger partial charge in [0.05, 0.1) is 35.9 Å². The van der Waals surface area contributed by atoms with Gasteiger partial charge in [0.25, 0.3) is 0 Å². The standard InChI is InChI=1S/C44H53ClN8O7/c1-6-25(3)37(49-42(58)59-5)40(55)51-17-8-9-36(51)52-24-46-34-13-10-27-20-32-30-12-11-29(19-28(30)22-60-35(32)21-31(27)38(34)52)44(47-15-16-48-44)39-33(45)14-18-53(39)43(23-54,26(4)7-2)50-41(56)57/h10-13,15-16,19-21,23-26,33,36-37,39,47-48,50H,6-9,14,17-18,22H2,1-5H3,(H,49,58)(H,56,57)/t25-,26?,33?,36-,37+,39?,43-/m1/s1. The number of benzene rings is 3. The summed E-state index contributed by atoms with van der Waals surface area (Å²) in [5, 5.41) is 23.9. The molecule has 0 radical (unpaired) electrons. The van der Waals surface area contributed by atoms with Crippen molar-refractivity contribution in [3.8, 4) is 16.9 Å². The van der Waals surface area contributed by atoms with Gasteiger partial charge in [-0.2, -0.15) is 0 Å². The predicted octanol–water partition coefficient (Wildman–Crippen LogP) is 6.35. The third kappa shape index (κ3) is 6.66. The van der Waals surface area contributed by atoms with Gasteiger partial charge in [-0.25, -0.2) is 14.6 Å². The lowest BCUT2D eigenvalue weighted by Crippen LogP contribution is -2.72. The van der Waals surface area contributed by atoms with Gasteiger partial charge in [-0.15, -0.1) is 11.6 Å². The molecule has 16 heteroatoms. The molecule has 3 unspecified atom stereocenters. The Balaban J connectivity index is 1.15. The Morgan fingerprint density at radius 2 is 1.87 bits per heavy atom. The van der Waals surface area contributed by atoms with Gasteiger partial charge in [-0.3, -0.25) is 19.8 Å². The number of carbonyl (C=O) groups excluding carboxylic acids is 3. The number of nitrogens with one attached hydrogen (secondary N) is 4. The number of imidazole rings is 1. The molecule has 8 rings (SSSR count). The number of ether oxygens (including phenoxy) is 2. The van der Waals surface area contributed by atoms with E-state index < -0.39 is 41.0 Å². The Kier molecular flexibility index (Phi) is 11.1. The lowest BCUT2D eigenvalue weighted by molar-refractivity contribution is -0.137. The van der Waals surface area contributed by atoms with Gasteiger partial charge in [-0.05, 0) is 83.9 Å². The molecule has 0 saturated carbocycles. The Bertz CT molecular complexity index is 2360. The van der Waals surface area contributed by atoms with Crippen molar-refractivity contribution in [2.24, 2.45) is 11.8 Å². The van der Waals surface area contributed by atoms with Gasteiger partial charge >= 0.3 is 12.2 Å². The van der Waals surface area contributed by atoms with Gasteiger partial charge < -0.3 is 40.0 Å². The number of halogens is 1. The Morgan fingerprint density at radius 3 is 2.57 bits per heavy atom. The van der Waals surface area contributed by atoms with Crippen LogP contribution in [0.25, 0.3) is 32.9 Å². The highest BCUT2D eigenvalue weighted by molar-refractivity contribution is 6.21. The van der Waals surface area contributed by atoms with Crippen LogP contribution in [-0.2, 0) is 26.6 Å². The van der Waals surface area contributed by atoms with Crippen molar-refractivity contribution in [3.63, 3.8) is 0 Å². The fourth-order valence-electron chi connectivity index (χ4n) is 9.90. The second kappa shape index (κ2) is 16.1. The van der Waals surface area contributed by atoms with E-state index in [1.54, 1.807) is 6.33 Å².